The van der Waals surface area contributed by atoms with Gasteiger partial charge in [-0.15, -0.1) is 0 Å². The molecule has 0 aliphatic heterocycles. The van der Waals surface area contributed by atoms with Crippen LogP contribution in [0, 0.1) is 0 Å². The van der Waals surface area contributed by atoms with Crippen LogP contribution >= 0.6 is 0 Å². The molecule has 2 unspecified atom stereocenters. The summed E-state index contributed by atoms with van der Waals surface area (Å²) in [4.78, 5) is 0. The molecule has 12 heteroatoms. The largest absolute Gasteiger partial charge is 0.348 e. The summed E-state index contributed by atoms with van der Waals surface area (Å²) in [5.41, 5.74) is 0. The first-order valence-electron chi connectivity index (χ1n) is 6.37. The predicted octanol–water partition coefficient (Wildman–Crippen LogP) is -5.74. The van der Waals surface area contributed by atoms with E-state index in [9.17, 15) is 20.4 Å². The van der Waals surface area contributed by atoms with Crippen molar-refractivity contribution in [3.05, 3.63) is 0 Å². The minimum atomic E-state index is -3.69. The molecule has 0 amide bonds. The molecule has 0 aromatic carbocycles. The van der Waals surface area contributed by atoms with Crippen molar-refractivity contribution < 1.29 is 51.1 Å². The molecule has 0 spiro atoms. The number of nitrogens with one attached hydrogen (secondary N) is 2. The Labute approximate surface area is 125 Å². The first-order valence-corrected chi connectivity index (χ1v) is 6.37. The summed E-state index contributed by atoms with van der Waals surface area (Å²) in [6.07, 6.45) is -0.576. The summed E-state index contributed by atoms with van der Waals surface area (Å²) < 4.78 is 0. The first-order chi connectivity index (χ1) is 9.58. The lowest BCUT2D eigenvalue weighted by Gasteiger charge is -2.42. The lowest BCUT2D eigenvalue weighted by atomic mass is 10.1. The molecule has 0 saturated heterocycles. The fourth-order valence-corrected chi connectivity index (χ4v) is 1.63. The van der Waals surface area contributed by atoms with Crippen molar-refractivity contribution in [1.29, 1.82) is 0 Å². The Bertz CT molecular complexity index is 315. The zero-order valence-electron chi connectivity index (χ0n) is 12.0. The summed E-state index contributed by atoms with van der Waals surface area (Å²) in [6, 6.07) is -3.66. The van der Waals surface area contributed by atoms with Crippen LogP contribution in [0.2, 0.25) is 0 Å². The van der Waals surface area contributed by atoms with Gasteiger partial charge in [-0.2, -0.15) is 0 Å². The van der Waals surface area contributed by atoms with Crippen molar-refractivity contribution >= 4 is 0 Å². The third-order valence-electron chi connectivity index (χ3n) is 2.99. The van der Waals surface area contributed by atoms with Crippen LogP contribution in [0.3, 0.4) is 0 Å². The first kappa shape index (κ1) is 21.5. The molecule has 0 rings (SSSR count). The second-order valence-corrected chi connectivity index (χ2v) is 4.93. The van der Waals surface area contributed by atoms with Crippen LogP contribution in [-0.2, 0) is 0 Å². The quantitative estimate of drug-likeness (QED) is 0.177. The van der Waals surface area contributed by atoms with Gasteiger partial charge in [0.15, 0.2) is 0 Å². The van der Waals surface area contributed by atoms with E-state index in [-0.39, 0.29) is 12.8 Å². The van der Waals surface area contributed by atoms with Gasteiger partial charge >= 0.3 is 0 Å². The normalized spacial score (nSPS) is 17.5. The van der Waals surface area contributed by atoms with Gasteiger partial charge in [-0.05, 0) is 12.8 Å². The highest BCUT2D eigenvalue weighted by atomic mass is 16.7. The molecule has 12 N–H and O–H groups in total. The highest BCUT2D eigenvalue weighted by Gasteiger charge is 2.53. The molecule has 0 aromatic rings. The maximum Gasteiger partial charge on any atom is 0.295 e. The minimum absolute atomic E-state index is 0.288. The Morgan fingerprint density at radius 2 is 0.818 bits per heavy atom. The smallest absolute Gasteiger partial charge is 0.295 e. The maximum atomic E-state index is 9.62. The van der Waals surface area contributed by atoms with Gasteiger partial charge in [0.25, 0.3) is 23.8 Å². The molecule has 0 aliphatic carbocycles. The van der Waals surface area contributed by atoms with Crippen LogP contribution in [0.15, 0.2) is 0 Å². The SMILES string of the molecule is CCC(NC(O)(O)C(O)(O)NC(CC)C(O)(O)O)C(O)(O)O. The minimum Gasteiger partial charge on any atom is -0.348 e. The molecule has 0 fully saturated rings. The van der Waals surface area contributed by atoms with E-state index >= 15 is 0 Å². The van der Waals surface area contributed by atoms with E-state index < -0.39 is 35.9 Å². The van der Waals surface area contributed by atoms with Crippen molar-refractivity contribution in [2.24, 2.45) is 0 Å². The van der Waals surface area contributed by atoms with Crippen molar-refractivity contribution in [3.8, 4) is 0 Å². The predicted molar refractivity (Wildman–Crippen MR) is 67.5 cm³/mol. The van der Waals surface area contributed by atoms with Crippen molar-refractivity contribution in [2.45, 2.75) is 62.5 Å². The Hall–Kier alpha value is -0.480. The van der Waals surface area contributed by atoms with Gasteiger partial charge in [0.1, 0.15) is 0 Å². The van der Waals surface area contributed by atoms with E-state index in [0.717, 1.165) is 0 Å². The lowest BCUT2D eigenvalue weighted by molar-refractivity contribution is -0.415. The Balaban J connectivity index is 5.23. The van der Waals surface area contributed by atoms with Gasteiger partial charge in [0.2, 0.25) is 0 Å². The van der Waals surface area contributed by atoms with Crippen molar-refractivity contribution in [1.82, 2.24) is 10.6 Å². The number of hydrogen-bond donors (Lipinski definition) is 12. The standard InChI is InChI=1S/C10H24N2O10/c1-3-5(7(13,14)15)11-9(19,20)10(21,22)12-6(4-2)8(16,17)18/h5-6,11-22H,3-4H2,1-2H3. The van der Waals surface area contributed by atoms with Crippen LogP contribution in [0.4, 0.5) is 0 Å². The van der Waals surface area contributed by atoms with Crippen LogP contribution in [0.25, 0.3) is 0 Å². The van der Waals surface area contributed by atoms with E-state index in [1.54, 1.807) is 10.6 Å². The lowest BCUT2D eigenvalue weighted by Crippen LogP contribution is -2.76. The van der Waals surface area contributed by atoms with Crippen molar-refractivity contribution in [2.75, 3.05) is 0 Å². The van der Waals surface area contributed by atoms with E-state index in [1.807, 2.05) is 0 Å². The molecule has 0 saturated carbocycles. The van der Waals surface area contributed by atoms with E-state index in [0.29, 0.717) is 0 Å². The van der Waals surface area contributed by atoms with Gasteiger partial charge in [-0.3, -0.25) is 0 Å². The number of aliphatic hydroxyl groups is 10. The summed E-state index contributed by atoms with van der Waals surface area (Å²) in [7, 11) is 0. The zero-order valence-corrected chi connectivity index (χ0v) is 12.0. The van der Waals surface area contributed by atoms with E-state index in [4.69, 9.17) is 30.6 Å². The molecule has 0 radical (unpaired) electrons. The van der Waals surface area contributed by atoms with Crippen LogP contribution in [0.1, 0.15) is 26.7 Å². The second-order valence-electron chi connectivity index (χ2n) is 4.93. The molecule has 2 atom stereocenters. The molecule has 134 valence electrons. The second kappa shape index (κ2) is 6.96. The molecule has 0 aromatic heterocycles. The fraction of sp³-hybridized carbons (Fsp3) is 1.00. The van der Waals surface area contributed by atoms with Gasteiger partial charge < -0.3 is 51.1 Å². The highest BCUT2D eigenvalue weighted by molar-refractivity contribution is 4.87. The van der Waals surface area contributed by atoms with Gasteiger partial charge in [-0.1, -0.05) is 13.8 Å². The highest BCUT2D eigenvalue weighted by Crippen LogP contribution is 2.19. The molecule has 0 aliphatic rings. The number of hydrogen-bond acceptors (Lipinski definition) is 12. The van der Waals surface area contributed by atoms with Crippen LogP contribution in [-0.4, -0.2) is 86.9 Å². The van der Waals surface area contributed by atoms with Crippen LogP contribution < -0.4 is 10.6 Å². The van der Waals surface area contributed by atoms with Gasteiger partial charge in [0, 0.05) is 0 Å². The summed E-state index contributed by atoms with van der Waals surface area (Å²) in [6.45, 7) is 2.59. The third kappa shape index (κ3) is 5.62. The fourth-order valence-electron chi connectivity index (χ4n) is 1.63. The summed E-state index contributed by atoms with van der Waals surface area (Å²) >= 11 is 0. The molecule has 0 heterocycles. The average Bonchev–Trinajstić information content (AvgIpc) is 2.29. The monoisotopic (exact) mass is 332 g/mol. The molecule has 0 bridgehead atoms. The molecule has 22 heavy (non-hydrogen) atoms. The van der Waals surface area contributed by atoms with Crippen molar-refractivity contribution in [3.63, 3.8) is 0 Å². The van der Waals surface area contributed by atoms with Gasteiger partial charge in [0.05, 0.1) is 12.1 Å². The third-order valence-corrected chi connectivity index (χ3v) is 2.99. The van der Waals surface area contributed by atoms with E-state index in [1.165, 1.54) is 13.8 Å². The Morgan fingerprint density at radius 1 is 0.591 bits per heavy atom. The Morgan fingerprint density at radius 3 is 0.955 bits per heavy atom. The molecular weight excluding hydrogens is 308 g/mol. The topological polar surface area (TPSA) is 226 Å². The summed E-state index contributed by atoms with van der Waals surface area (Å²) in [5, 5.41) is 95.5. The average molecular weight is 332 g/mol. The summed E-state index contributed by atoms with van der Waals surface area (Å²) in [5.74, 6) is -14.2. The molecule has 12 nitrogen and oxygen atoms in total. The van der Waals surface area contributed by atoms with E-state index in [2.05, 4.69) is 0 Å². The van der Waals surface area contributed by atoms with Crippen LogP contribution in [0.5, 0.6) is 0 Å². The maximum absolute atomic E-state index is 9.62. The zero-order chi connectivity index (χ0) is 18.0. The molecular formula is C10H24N2O10. The van der Waals surface area contributed by atoms with Gasteiger partial charge in [-0.25, -0.2) is 10.6 Å². The Kier molecular flexibility index (Phi) is 6.81. The number of rotatable bonds is 9.